The quantitative estimate of drug-likeness (QED) is 0.647. The first-order chi connectivity index (χ1) is 14.5. The molecule has 0 N–H and O–H groups in total. The minimum absolute atomic E-state index is 0.102. The molecule has 1 aliphatic heterocycles. The van der Waals surface area contributed by atoms with Crippen molar-refractivity contribution in [3.8, 4) is 22.8 Å². The van der Waals surface area contributed by atoms with Gasteiger partial charge in [0.2, 0.25) is 0 Å². The molecule has 3 heterocycles. The number of nitrogens with zero attached hydrogens (tertiary/aromatic N) is 4. The molecule has 3 aromatic rings. The molecule has 0 aliphatic carbocycles. The first-order valence-corrected chi connectivity index (χ1v) is 10.2. The molecule has 1 saturated heterocycles. The van der Waals surface area contributed by atoms with Crippen molar-refractivity contribution in [2.75, 3.05) is 46.3 Å². The first kappa shape index (κ1) is 20.2. The van der Waals surface area contributed by atoms with Gasteiger partial charge in [0.15, 0.2) is 11.5 Å². The maximum absolute atomic E-state index is 12.9. The number of aromatic nitrogens is 2. The Morgan fingerprint density at radius 3 is 2.40 bits per heavy atom. The van der Waals surface area contributed by atoms with Crippen molar-refractivity contribution in [3.05, 3.63) is 52.9 Å². The van der Waals surface area contributed by atoms with E-state index in [2.05, 4.69) is 30.0 Å². The van der Waals surface area contributed by atoms with Gasteiger partial charge >= 0.3 is 0 Å². The predicted octanol–water partition coefficient (Wildman–Crippen LogP) is 2.91. The van der Waals surface area contributed by atoms with E-state index in [4.69, 9.17) is 14.5 Å². The average Bonchev–Trinajstić information content (AvgIpc) is 2.78. The van der Waals surface area contributed by atoms with Gasteiger partial charge in [-0.1, -0.05) is 0 Å². The van der Waals surface area contributed by atoms with Crippen molar-refractivity contribution in [3.63, 3.8) is 0 Å². The fourth-order valence-corrected chi connectivity index (χ4v) is 4.06. The van der Waals surface area contributed by atoms with Crippen molar-refractivity contribution in [2.24, 2.45) is 0 Å². The second-order valence-electron chi connectivity index (χ2n) is 7.85. The smallest absolute Gasteiger partial charge is 0.258 e. The number of piperidine rings is 1. The number of ether oxygens (including phenoxy) is 2. The van der Waals surface area contributed by atoms with Gasteiger partial charge in [0.1, 0.15) is 5.65 Å². The van der Waals surface area contributed by atoms with Crippen LogP contribution in [0.2, 0.25) is 0 Å². The molecule has 4 rings (SSSR count). The average molecular weight is 409 g/mol. The van der Waals surface area contributed by atoms with E-state index in [9.17, 15) is 4.79 Å². The van der Waals surface area contributed by atoms with E-state index in [1.54, 1.807) is 24.7 Å². The molecule has 7 heteroatoms. The highest BCUT2D eigenvalue weighted by Crippen LogP contribution is 2.31. The fraction of sp³-hybridized carbons (Fsp3) is 0.391. The van der Waals surface area contributed by atoms with E-state index in [0.717, 1.165) is 37.2 Å². The Balaban J connectivity index is 1.65. The Hall–Kier alpha value is -3.06. The van der Waals surface area contributed by atoms with E-state index < -0.39 is 0 Å². The van der Waals surface area contributed by atoms with Crippen molar-refractivity contribution >= 4 is 11.3 Å². The highest BCUT2D eigenvalue weighted by Gasteiger charge is 2.21. The molecule has 2 aromatic heterocycles. The number of benzene rings is 1. The number of hydrogen-bond acceptors (Lipinski definition) is 6. The van der Waals surface area contributed by atoms with E-state index in [-0.39, 0.29) is 5.56 Å². The number of pyridine rings is 1. The van der Waals surface area contributed by atoms with E-state index in [0.29, 0.717) is 28.9 Å². The third-order valence-electron chi connectivity index (χ3n) is 5.88. The van der Waals surface area contributed by atoms with E-state index in [1.165, 1.54) is 0 Å². The van der Waals surface area contributed by atoms with Gasteiger partial charge < -0.3 is 19.3 Å². The monoisotopic (exact) mass is 408 g/mol. The Morgan fingerprint density at radius 2 is 1.73 bits per heavy atom. The summed E-state index contributed by atoms with van der Waals surface area (Å²) in [7, 11) is 7.46. The van der Waals surface area contributed by atoms with Crippen molar-refractivity contribution in [2.45, 2.75) is 18.9 Å². The third kappa shape index (κ3) is 3.85. The molecule has 0 atom stereocenters. The van der Waals surface area contributed by atoms with Crippen LogP contribution in [0.15, 0.2) is 47.4 Å². The highest BCUT2D eigenvalue weighted by atomic mass is 16.5. The van der Waals surface area contributed by atoms with Crippen LogP contribution in [-0.4, -0.2) is 61.7 Å². The number of methoxy groups -OCH3 is 2. The van der Waals surface area contributed by atoms with Gasteiger partial charge in [0.05, 0.1) is 25.6 Å². The van der Waals surface area contributed by atoms with E-state index >= 15 is 0 Å². The van der Waals surface area contributed by atoms with Gasteiger partial charge in [-0.25, -0.2) is 4.98 Å². The van der Waals surface area contributed by atoms with Crippen LogP contribution >= 0.6 is 0 Å². The lowest BCUT2D eigenvalue weighted by molar-refractivity contribution is 0.249. The Kier molecular flexibility index (Phi) is 5.63. The second kappa shape index (κ2) is 8.36. The predicted molar refractivity (Wildman–Crippen MR) is 119 cm³/mol. The van der Waals surface area contributed by atoms with Crippen LogP contribution in [0.1, 0.15) is 12.8 Å². The molecular weight excluding hydrogens is 380 g/mol. The van der Waals surface area contributed by atoms with Crippen LogP contribution in [0, 0.1) is 0 Å². The summed E-state index contributed by atoms with van der Waals surface area (Å²) in [6.45, 7) is 1.97. The lowest BCUT2D eigenvalue weighted by atomic mass is 10.0. The normalized spacial score (nSPS) is 15.0. The number of hydrogen-bond donors (Lipinski definition) is 0. The highest BCUT2D eigenvalue weighted by molar-refractivity contribution is 5.66. The molecule has 7 nitrogen and oxygen atoms in total. The van der Waals surface area contributed by atoms with Gasteiger partial charge in [0, 0.05) is 37.0 Å². The van der Waals surface area contributed by atoms with Crippen molar-refractivity contribution < 1.29 is 9.47 Å². The molecule has 1 aliphatic rings. The molecule has 0 spiro atoms. The largest absolute Gasteiger partial charge is 0.493 e. The molecule has 30 heavy (non-hydrogen) atoms. The minimum atomic E-state index is -0.102. The molecule has 0 unspecified atom stereocenters. The topological polar surface area (TPSA) is 59.3 Å². The maximum Gasteiger partial charge on any atom is 0.258 e. The zero-order chi connectivity index (χ0) is 21.3. The van der Waals surface area contributed by atoms with Gasteiger partial charge in [-0.2, -0.15) is 0 Å². The standard InChI is InChI=1S/C23H28N4O3/c1-25(2)17-9-11-26(12-10-17)18-6-8-22-24-19(14-23(28)27(22)15-18)16-5-7-20(29-3)21(13-16)30-4/h5-8,13-15,17H,9-12H2,1-4H3. The summed E-state index contributed by atoms with van der Waals surface area (Å²) < 4.78 is 12.3. The van der Waals surface area contributed by atoms with Crippen LogP contribution in [0.3, 0.4) is 0 Å². The fourth-order valence-electron chi connectivity index (χ4n) is 4.06. The second-order valence-corrected chi connectivity index (χ2v) is 7.85. The molecule has 0 saturated carbocycles. The summed E-state index contributed by atoms with van der Waals surface area (Å²) in [4.78, 5) is 22.2. The zero-order valence-corrected chi connectivity index (χ0v) is 18.0. The Labute approximate surface area is 176 Å². The summed E-state index contributed by atoms with van der Waals surface area (Å²) in [6, 6.07) is 11.7. The van der Waals surface area contributed by atoms with Gasteiger partial charge in [-0.05, 0) is 57.3 Å². The molecular formula is C23H28N4O3. The van der Waals surface area contributed by atoms with Crippen LogP contribution in [0.25, 0.3) is 16.9 Å². The third-order valence-corrected chi connectivity index (χ3v) is 5.88. The molecule has 1 aromatic carbocycles. The van der Waals surface area contributed by atoms with Crippen molar-refractivity contribution in [1.82, 2.24) is 14.3 Å². The molecule has 158 valence electrons. The first-order valence-electron chi connectivity index (χ1n) is 10.2. The molecule has 0 amide bonds. The van der Waals surface area contributed by atoms with Crippen LogP contribution in [0.4, 0.5) is 5.69 Å². The summed E-state index contributed by atoms with van der Waals surface area (Å²) >= 11 is 0. The lowest BCUT2D eigenvalue weighted by Gasteiger charge is -2.36. The van der Waals surface area contributed by atoms with Crippen LogP contribution in [0.5, 0.6) is 11.5 Å². The maximum atomic E-state index is 12.9. The summed E-state index contributed by atoms with van der Waals surface area (Å²) in [5, 5.41) is 0. The summed E-state index contributed by atoms with van der Waals surface area (Å²) in [5.41, 5.74) is 3.00. The molecule has 0 bridgehead atoms. The van der Waals surface area contributed by atoms with Gasteiger partial charge in [-0.15, -0.1) is 0 Å². The van der Waals surface area contributed by atoms with Crippen LogP contribution < -0.4 is 19.9 Å². The molecule has 1 fully saturated rings. The van der Waals surface area contributed by atoms with Gasteiger partial charge in [0.25, 0.3) is 5.56 Å². The summed E-state index contributed by atoms with van der Waals surface area (Å²) in [6.07, 6.45) is 4.14. The Bertz CT molecular complexity index is 1100. The minimum Gasteiger partial charge on any atom is -0.493 e. The van der Waals surface area contributed by atoms with E-state index in [1.807, 2.05) is 30.5 Å². The molecule has 0 radical (unpaired) electrons. The number of rotatable bonds is 5. The van der Waals surface area contributed by atoms with Crippen molar-refractivity contribution in [1.29, 1.82) is 0 Å². The van der Waals surface area contributed by atoms with Crippen LogP contribution in [-0.2, 0) is 0 Å². The lowest BCUT2D eigenvalue weighted by Crippen LogP contribution is -2.42. The number of anilines is 1. The summed E-state index contributed by atoms with van der Waals surface area (Å²) in [5.74, 6) is 1.25. The van der Waals surface area contributed by atoms with Gasteiger partial charge in [-0.3, -0.25) is 9.20 Å². The number of fused-ring (bicyclic) bond motifs is 1. The zero-order valence-electron chi connectivity index (χ0n) is 18.0. The SMILES string of the molecule is COc1ccc(-c2cc(=O)n3cc(N4CCC(N(C)C)CC4)ccc3n2)cc1OC. The Morgan fingerprint density at radius 1 is 1.00 bits per heavy atom.